The number of ether oxygens (including phenoxy) is 2. The fourth-order valence-electron chi connectivity index (χ4n) is 2.00. The molecular weight excluding hydrogens is 395 g/mol. The number of alkyl halides is 2. The number of rotatable bonds is 5. The van der Waals surface area contributed by atoms with E-state index in [0.29, 0.717) is 5.02 Å². The number of amides is 2. The molecule has 1 aromatic carbocycles. The summed E-state index contributed by atoms with van der Waals surface area (Å²) in [5.74, 6) is -1.78. The van der Waals surface area contributed by atoms with Crippen molar-refractivity contribution in [1.29, 1.82) is 0 Å². The molecule has 136 valence electrons. The van der Waals surface area contributed by atoms with E-state index in [0.717, 1.165) is 0 Å². The maximum Gasteiger partial charge on any atom is 0.315 e. The topological polar surface area (TPSA) is 93.7 Å². The molecule has 1 aromatic rings. The quantitative estimate of drug-likeness (QED) is 0.442. The highest BCUT2D eigenvalue weighted by Crippen LogP contribution is 2.64. The highest BCUT2D eigenvalue weighted by atomic mass is 35.5. The Labute approximate surface area is 158 Å². The van der Waals surface area contributed by atoms with Crippen molar-refractivity contribution in [3.63, 3.8) is 0 Å². The van der Waals surface area contributed by atoms with Crippen molar-refractivity contribution in [1.82, 2.24) is 10.9 Å². The van der Waals surface area contributed by atoms with Gasteiger partial charge < -0.3 is 9.47 Å². The van der Waals surface area contributed by atoms with Crippen LogP contribution in [0.3, 0.4) is 0 Å². The monoisotopic (exact) mass is 408 g/mol. The van der Waals surface area contributed by atoms with Crippen LogP contribution in [-0.4, -0.2) is 35.8 Å². The van der Waals surface area contributed by atoms with E-state index in [1.165, 1.54) is 19.2 Å². The second kappa shape index (κ2) is 7.27. The van der Waals surface area contributed by atoms with Gasteiger partial charge in [0.1, 0.15) is 15.5 Å². The number of carbonyl (C=O) groups is 3. The number of hydrogen-bond acceptors (Lipinski definition) is 5. The van der Waals surface area contributed by atoms with Crippen molar-refractivity contribution in [2.75, 3.05) is 13.7 Å². The van der Waals surface area contributed by atoms with Crippen LogP contribution >= 0.6 is 34.8 Å². The van der Waals surface area contributed by atoms with E-state index in [-0.39, 0.29) is 17.7 Å². The van der Waals surface area contributed by atoms with Gasteiger partial charge in [-0.15, -0.1) is 23.2 Å². The van der Waals surface area contributed by atoms with Crippen molar-refractivity contribution >= 4 is 52.6 Å². The molecule has 0 bridgehead atoms. The maximum atomic E-state index is 12.1. The SMILES string of the molecule is COc1ccc(Cl)cc1C(=O)NNC(=O)COC(=O)[C@]1(C)CC1(Cl)Cl. The van der Waals surface area contributed by atoms with Crippen molar-refractivity contribution in [3.8, 4) is 5.75 Å². The van der Waals surface area contributed by atoms with Crippen LogP contribution in [0.15, 0.2) is 18.2 Å². The molecule has 25 heavy (non-hydrogen) atoms. The molecule has 1 aliphatic rings. The standard InChI is InChI=1S/C15H15Cl3N2O5/c1-14(7-15(14,17)18)13(23)25-6-11(21)19-20-12(22)9-5-8(16)3-4-10(9)24-2/h3-5H,6-7H2,1-2H3,(H,19,21)(H,20,22)/t14-/m0/s1. The number of hydrogen-bond donors (Lipinski definition) is 2. The summed E-state index contributed by atoms with van der Waals surface area (Å²) in [5, 5.41) is 0.328. The van der Waals surface area contributed by atoms with Crippen molar-refractivity contribution in [2.45, 2.75) is 17.7 Å². The molecule has 0 radical (unpaired) electrons. The molecule has 0 unspecified atom stereocenters. The Balaban J connectivity index is 1.83. The lowest BCUT2D eigenvalue weighted by Gasteiger charge is -2.13. The Morgan fingerprint density at radius 3 is 2.44 bits per heavy atom. The molecule has 1 aliphatic carbocycles. The average molecular weight is 410 g/mol. The number of esters is 1. The number of carbonyl (C=O) groups excluding carboxylic acids is 3. The number of nitrogens with one attached hydrogen (secondary N) is 2. The fourth-order valence-corrected chi connectivity index (χ4v) is 2.86. The van der Waals surface area contributed by atoms with E-state index in [2.05, 4.69) is 10.9 Å². The molecule has 1 atom stereocenters. The largest absolute Gasteiger partial charge is 0.496 e. The molecule has 1 saturated carbocycles. The molecule has 2 N–H and O–H groups in total. The van der Waals surface area contributed by atoms with Crippen LogP contribution in [0.5, 0.6) is 5.75 Å². The normalized spacial score (nSPS) is 20.4. The Hall–Kier alpha value is -1.70. The van der Waals surface area contributed by atoms with E-state index in [9.17, 15) is 14.4 Å². The van der Waals surface area contributed by atoms with Crippen LogP contribution in [0.1, 0.15) is 23.7 Å². The second-order valence-electron chi connectivity index (χ2n) is 5.64. The van der Waals surface area contributed by atoms with Gasteiger partial charge in [-0.1, -0.05) is 11.6 Å². The van der Waals surface area contributed by atoms with Crippen LogP contribution < -0.4 is 15.6 Å². The Morgan fingerprint density at radius 2 is 1.88 bits per heavy atom. The molecule has 0 spiro atoms. The van der Waals surface area contributed by atoms with Gasteiger partial charge in [0.2, 0.25) is 0 Å². The molecule has 2 amide bonds. The molecule has 7 nitrogen and oxygen atoms in total. The number of methoxy groups -OCH3 is 1. The third-order valence-corrected chi connectivity index (χ3v) is 5.10. The first kappa shape index (κ1) is 19.6. The van der Waals surface area contributed by atoms with Crippen molar-refractivity contribution in [3.05, 3.63) is 28.8 Å². The van der Waals surface area contributed by atoms with E-state index < -0.39 is 34.1 Å². The number of hydrazine groups is 1. The summed E-state index contributed by atoms with van der Waals surface area (Å²) >= 11 is 17.5. The summed E-state index contributed by atoms with van der Waals surface area (Å²) in [5.41, 5.74) is 3.39. The van der Waals surface area contributed by atoms with Gasteiger partial charge in [-0.2, -0.15) is 0 Å². The van der Waals surface area contributed by atoms with Gasteiger partial charge in [-0.05, 0) is 25.1 Å². The van der Waals surface area contributed by atoms with Gasteiger partial charge in [0.15, 0.2) is 6.61 Å². The number of benzene rings is 1. The lowest BCUT2D eigenvalue weighted by atomic mass is 10.1. The van der Waals surface area contributed by atoms with Crippen molar-refractivity contribution < 1.29 is 23.9 Å². The van der Waals surface area contributed by atoms with Crippen LogP contribution in [-0.2, 0) is 14.3 Å². The lowest BCUT2D eigenvalue weighted by Crippen LogP contribution is -2.44. The van der Waals surface area contributed by atoms with Gasteiger partial charge in [0, 0.05) is 11.4 Å². The molecule has 10 heteroatoms. The van der Waals surface area contributed by atoms with Crippen LogP contribution in [0.2, 0.25) is 5.02 Å². The summed E-state index contributed by atoms with van der Waals surface area (Å²) in [7, 11) is 1.39. The van der Waals surface area contributed by atoms with Gasteiger partial charge in [-0.3, -0.25) is 25.2 Å². The smallest absolute Gasteiger partial charge is 0.315 e. The Kier molecular flexibility index (Phi) is 5.71. The molecule has 0 aliphatic heterocycles. The zero-order chi connectivity index (χ0) is 18.8. The summed E-state index contributed by atoms with van der Waals surface area (Å²) in [6.45, 7) is 0.950. The first-order chi connectivity index (χ1) is 11.6. The highest BCUT2D eigenvalue weighted by Gasteiger charge is 2.69. The minimum atomic E-state index is -1.18. The van der Waals surface area contributed by atoms with E-state index >= 15 is 0 Å². The Morgan fingerprint density at radius 1 is 1.24 bits per heavy atom. The van der Waals surface area contributed by atoms with E-state index in [1.807, 2.05) is 0 Å². The molecule has 0 saturated heterocycles. The van der Waals surface area contributed by atoms with Crippen molar-refractivity contribution in [2.24, 2.45) is 5.41 Å². The maximum absolute atomic E-state index is 12.1. The van der Waals surface area contributed by atoms with Gasteiger partial charge >= 0.3 is 5.97 Å². The molecule has 2 rings (SSSR count). The van der Waals surface area contributed by atoms with Gasteiger partial charge in [0.25, 0.3) is 11.8 Å². The zero-order valence-corrected chi connectivity index (χ0v) is 15.6. The minimum absolute atomic E-state index is 0.131. The van der Waals surface area contributed by atoms with E-state index in [4.69, 9.17) is 44.3 Å². The predicted octanol–water partition coefficient (Wildman–Crippen LogP) is 2.24. The molecular formula is C15H15Cl3N2O5. The third kappa shape index (κ3) is 4.29. The molecule has 0 aromatic heterocycles. The first-order valence-corrected chi connectivity index (χ1v) is 8.22. The summed E-state index contributed by atoms with van der Waals surface area (Å²) in [6, 6.07) is 4.46. The highest BCUT2D eigenvalue weighted by molar-refractivity contribution is 6.53. The van der Waals surface area contributed by atoms with Crippen LogP contribution in [0.4, 0.5) is 0 Å². The average Bonchev–Trinajstić information content (AvgIpc) is 3.09. The molecule has 0 heterocycles. The summed E-state index contributed by atoms with van der Waals surface area (Å²) in [4.78, 5) is 35.6. The van der Waals surface area contributed by atoms with Crippen LogP contribution in [0, 0.1) is 5.41 Å². The first-order valence-electron chi connectivity index (χ1n) is 7.08. The summed E-state index contributed by atoms with van der Waals surface area (Å²) < 4.78 is 8.71. The lowest BCUT2D eigenvalue weighted by molar-refractivity contribution is -0.153. The molecule has 1 fully saturated rings. The fraction of sp³-hybridized carbons (Fsp3) is 0.400. The summed E-state index contributed by atoms with van der Waals surface area (Å²) in [6.07, 6.45) is 0.245. The predicted molar refractivity (Wildman–Crippen MR) is 91.7 cm³/mol. The zero-order valence-electron chi connectivity index (χ0n) is 13.3. The van der Waals surface area contributed by atoms with Gasteiger partial charge in [0.05, 0.1) is 12.7 Å². The van der Waals surface area contributed by atoms with Crippen LogP contribution in [0.25, 0.3) is 0 Å². The second-order valence-corrected chi connectivity index (χ2v) is 7.56. The minimum Gasteiger partial charge on any atom is -0.496 e. The van der Waals surface area contributed by atoms with E-state index in [1.54, 1.807) is 13.0 Å². The Bertz CT molecular complexity index is 725. The van der Waals surface area contributed by atoms with Gasteiger partial charge in [-0.25, -0.2) is 0 Å². The third-order valence-electron chi connectivity index (χ3n) is 3.76. The number of halogens is 3.